The van der Waals surface area contributed by atoms with Crippen molar-refractivity contribution in [2.75, 3.05) is 18.5 Å². The fourth-order valence-corrected chi connectivity index (χ4v) is 7.49. The number of esters is 1. The van der Waals surface area contributed by atoms with Gasteiger partial charge in [0.1, 0.15) is 0 Å². The van der Waals surface area contributed by atoms with Crippen LogP contribution < -0.4 is 5.32 Å². The second-order valence-corrected chi connectivity index (χ2v) is 11.7. The highest BCUT2D eigenvalue weighted by atomic mass is 79.9. The van der Waals surface area contributed by atoms with Gasteiger partial charge in [-0.05, 0) is 58.8 Å². The van der Waals surface area contributed by atoms with Crippen molar-refractivity contribution < 1.29 is 23.9 Å². The van der Waals surface area contributed by atoms with Crippen LogP contribution in [0.25, 0.3) is 0 Å². The van der Waals surface area contributed by atoms with Crippen molar-refractivity contribution in [3.05, 3.63) is 27.2 Å². The number of anilines is 1. The predicted octanol–water partition coefficient (Wildman–Crippen LogP) is 4.06. The first-order valence-corrected chi connectivity index (χ1v) is 13.2. The molecule has 1 N–H and O–H groups in total. The molecule has 1 heterocycles. The summed E-state index contributed by atoms with van der Waals surface area (Å²) < 4.78 is 5.74. The van der Waals surface area contributed by atoms with Crippen LogP contribution in [0.15, 0.2) is 16.6 Å². The minimum atomic E-state index is -0.650. The maximum atomic E-state index is 12.8. The van der Waals surface area contributed by atoms with E-state index in [9.17, 15) is 19.2 Å². The molecule has 2 saturated carbocycles. The Hall–Kier alpha value is -0.970. The fraction of sp³-hybridized carbons (Fsp3) is 0.524. The zero-order chi connectivity index (χ0) is 23.3. The van der Waals surface area contributed by atoms with Gasteiger partial charge in [-0.2, -0.15) is 0 Å². The van der Waals surface area contributed by atoms with Crippen LogP contribution in [0.5, 0.6) is 0 Å². The average Bonchev–Trinajstić information content (AvgIpc) is 3.36. The molecule has 7 nitrogen and oxygen atoms in total. The van der Waals surface area contributed by atoms with Crippen molar-refractivity contribution in [3.8, 4) is 0 Å². The lowest BCUT2D eigenvalue weighted by Crippen LogP contribution is -2.37. The summed E-state index contributed by atoms with van der Waals surface area (Å²) in [6.07, 6.45) is 0.699. The summed E-state index contributed by atoms with van der Waals surface area (Å²) in [4.78, 5) is 51.5. The van der Waals surface area contributed by atoms with Crippen molar-refractivity contribution >= 4 is 88.8 Å². The molecule has 0 aromatic heterocycles. The molecule has 6 atom stereocenters. The molecule has 2 bridgehead atoms. The van der Waals surface area contributed by atoms with E-state index in [2.05, 4.69) is 53.1 Å². The summed E-state index contributed by atoms with van der Waals surface area (Å²) in [5.74, 6) is -1.94. The van der Waals surface area contributed by atoms with Gasteiger partial charge in [0.15, 0.2) is 6.61 Å². The third-order valence-electron chi connectivity index (χ3n) is 6.60. The normalized spacial score (nSPS) is 30.6. The Labute approximate surface area is 215 Å². The second kappa shape index (κ2) is 9.35. The number of ether oxygens (including phenoxy) is 1. The minimum Gasteiger partial charge on any atom is -0.456 e. The number of alkyl halides is 2. The van der Waals surface area contributed by atoms with E-state index in [1.165, 1.54) is 4.90 Å². The standard InChI is InChI=1S/C21H20Br3ClN2O5/c1-8-12(3-2-11(22)19(8)25)26-13(28)7-32-14(29)4-5-27-20(30)15-9-6-10(16(15)21(27)31)18(24)17(9)23/h2-3,9-10,15-18H,4-7H2,1H3,(H,26,28)/t9-,10-,15-,16+,17-,18+/m1/s1. The van der Waals surface area contributed by atoms with Crippen molar-refractivity contribution in [2.45, 2.75) is 29.4 Å². The molecule has 4 rings (SSSR count). The van der Waals surface area contributed by atoms with Gasteiger partial charge in [-0.1, -0.05) is 43.5 Å². The van der Waals surface area contributed by atoms with Crippen LogP contribution in [0.1, 0.15) is 18.4 Å². The van der Waals surface area contributed by atoms with Crippen molar-refractivity contribution in [2.24, 2.45) is 23.7 Å². The number of carbonyl (C=O) groups excluding carboxylic acids is 4. The Balaban J connectivity index is 1.27. The number of halogens is 4. The fourth-order valence-electron chi connectivity index (χ4n) is 5.03. The monoisotopic (exact) mass is 652 g/mol. The van der Waals surface area contributed by atoms with E-state index >= 15 is 0 Å². The number of carbonyl (C=O) groups is 4. The van der Waals surface area contributed by atoms with Gasteiger partial charge in [-0.15, -0.1) is 0 Å². The Morgan fingerprint density at radius 1 is 1.16 bits per heavy atom. The van der Waals surface area contributed by atoms with Crippen molar-refractivity contribution in [1.29, 1.82) is 0 Å². The summed E-state index contributed by atoms with van der Waals surface area (Å²) >= 11 is 16.7. The number of hydrogen-bond acceptors (Lipinski definition) is 5. The molecule has 32 heavy (non-hydrogen) atoms. The molecular weight excluding hydrogens is 635 g/mol. The number of nitrogens with one attached hydrogen (secondary N) is 1. The number of amides is 3. The van der Waals surface area contributed by atoms with Crippen LogP contribution in [0.3, 0.4) is 0 Å². The Morgan fingerprint density at radius 3 is 2.34 bits per heavy atom. The van der Waals surface area contributed by atoms with Crippen LogP contribution in [-0.4, -0.2) is 51.4 Å². The van der Waals surface area contributed by atoms with Gasteiger partial charge in [0.25, 0.3) is 5.91 Å². The molecule has 11 heteroatoms. The quantitative estimate of drug-likeness (QED) is 0.284. The molecule has 3 fully saturated rings. The average molecular weight is 656 g/mol. The molecule has 1 saturated heterocycles. The number of hydrogen-bond donors (Lipinski definition) is 1. The molecule has 172 valence electrons. The molecule has 0 unspecified atom stereocenters. The molecular formula is C21H20Br3ClN2O5. The van der Waals surface area contributed by atoms with Crippen LogP contribution in [0.4, 0.5) is 5.69 Å². The van der Waals surface area contributed by atoms with Gasteiger partial charge >= 0.3 is 5.97 Å². The summed E-state index contributed by atoms with van der Waals surface area (Å²) in [5.41, 5.74) is 1.20. The lowest BCUT2D eigenvalue weighted by Gasteiger charge is -2.28. The molecule has 0 spiro atoms. The maximum Gasteiger partial charge on any atom is 0.308 e. The third kappa shape index (κ3) is 4.16. The summed E-state index contributed by atoms with van der Waals surface area (Å²) in [7, 11) is 0. The smallest absolute Gasteiger partial charge is 0.308 e. The zero-order valence-electron chi connectivity index (χ0n) is 16.9. The van der Waals surface area contributed by atoms with Crippen LogP contribution >= 0.6 is 59.4 Å². The first-order chi connectivity index (χ1) is 15.1. The number of imide groups is 1. The van der Waals surface area contributed by atoms with Gasteiger partial charge < -0.3 is 10.1 Å². The summed E-state index contributed by atoms with van der Waals surface area (Å²) in [5, 5.41) is 3.13. The van der Waals surface area contributed by atoms with Crippen LogP contribution in [0.2, 0.25) is 5.02 Å². The highest BCUT2D eigenvalue weighted by Gasteiger charge is 2.66. The molecule has 0 radical (unpaired) electrons. The van der Waals surface area contributed by atoms with Gasteiger partial charge in [0, 0.05) is 26.4 Å². The second-order valence-electron chi connectivity index (χ2n) is 8.32. The molecule has 3 amide bonds. The van der Waals surface area contributed by atoms with E-state index in [-0.39, 0.29) is 58.1 Å². The highest BCUT2D eigenvalue weighted by Crippen LogP contribution is 2.60. The van der Waals surface area contributed by atoms with Gasteiger partial charge in [0.2, 0.25) is 11.8 Å². The van der Waals surface area contributed by atoms with E-state index in [1.807, 2.05) is 0 Å². The van der Waals surface area contributed by atoms with Gasteiger partial charge in [-0.25, -0.2) is 0 Å². The van der Waals surface area contributed by atoms with E-state index in [1.54, 1.807) is 19.1 Å². The van der Waals surface area contributed by atoms with Gasteiger partial charge in [0.05, 0.1) is 23.3 Å². The summed E-state index contributed by atoms with van der Waals surface area (Å²) in [6, 6.07) is 3.40. The van der Waals surface area contributed by atoms with Gasteiger partial charge in [-0.3, -0.25) is 24.1 Å². The predicted molar refractivity (Wildman–Crippen MR) is 129 cm³/mol. The molecule has 3 aliphatic rings. The number of rotatable bonds is 6. The maximum absolute atomic E-state index is 12.8. The van der Waals surface area contributed by atoms with Crippen molar-refractivity contribution in [3.63, 3.8) is 0 Å². The number of nitrogens with zero attached hydrogens (tertiary/aromatic N) is 1. The Bertz CT molecular complexity index is 974. The van der Waals surface area contributed by atoms with Crippen LogP contribution in [0, 0.1) is 30.6 Å². The Kier molecular flexibility index (Phi) is 7.06. The minimum absolute atomic E-state index is 0.0358. The third-order valence-corrected chi connectivity index (χ3v) is 11.2. The van der Waals surface area contributed by atoms with E-state index in [0.29, 0.717) is 20.7 Å². The molecule has 1 aliphatic heterocycles. The van der Waals surface area contributed by atoms with E-state index < -0.39 is 18.5 Å². The number of fused-ring (bicyclic) bond motifs is 5. The molecule has 1 aromatic rings. The topological polar surface area (TPSA) is 92.8 Å². The zero-order valence-corrected chi connectivity index (χ0v) is 22.5. The number of benzene rings is 1. The first kappa shape index (κ1) is 24.2. The Morgan fingerprint density at radius 2 is 1.75 bits per heavy atom. The number of likely N-dealkylation sites (tertiary alicyclic amines) is 1. The first-order valence-electron chi connectivity index (χ1n) is 10.1. The van der Waals surface area contributed by atoms with Crippen LogP contribution in [-0.2, 0) is 23.9 Å². The van der Waals surface area contributed by atoms with E-state index in [0.717, 1.165) is 6.42 Å². The van der Waals surface area contributed by atoms with E-state index in [4.69, 9.17) is 16.3 Å². The van der Waals surface area contributed by atoms with Crippen molar-refractivity contribution in [1.82, 2.24) is 4.90 Å². The highest BCUT2D eigenvalue weighted by molar-refractivity contribution is 9.12. The molecule has 2 aliphatic carbocycles. The lowest BCUT2D eigenvalue weighted by molar-refractivity contribution is -0.149. The summed E-state index contributed by atoms with van der Waals surface area (Å²) in [6.45, 7) is 1.25. The SMILES string of the molecule is Cc1c(NC(=O)COC(=O)CCN2C(=O)[C@@H]3[C@H]4C[C@@H]([C@H](Br)[C@@H]4Br)[C@@H]3C2=O)ccc(Br)c1Cl. The molecule has 1 aromatic carbocycles. The largest absolute Gasteiger partial charge is 0.456 e. The lowest BCUT2D eigenvalue weighted by atomic mass is 9.81.